The van der Waals surface area contributed by atoms with Gasteiger partial charge in [0.15, 0.2) is 0 Å². The number of amides is 1. The van der Waals surface area contributed by atoms with Crippen LogP contribution in [0.15, 0.2) is 48.5 Å². The van der Waals surface area contributed by atoms with Crippen molar-refractivity contribution in [1.82, 2.24) is 0 Å². The van der Waals surface area contributed by atoms with Crippen molar-refractivity contribution < 1.29 is 18.3 Å². The molecule has 1 amide bonds. The molecule has 0 aliphatic carbocycles. The fourth-order valence-corrected chi connectivity index (χ4v) is 1.92. The summed E-state index contributed by atoms with van der Waals surface area (Å²) in [6, 6.07) is 12.7. The molecule has 2 aromatic carbocycles. The lowest BCUT2D eigenvalue weighted by atomic mass is 10.2. The fourth-order valence-electron chi connectivity index (χ4n) is 1.75. The number of hydrogen-bond acceptors (Lipinski definition) is 2. The van der Waals surface area contributed by atoms with E-state index in [9.17, 15) is 13.6 Å². The van der Waals surface area contributed by atoms with Crippen LogP contribution < -0.4 is 10.1 Å². The van der Waals surface area contributed by atoms with Crippen LogP contribution in [-0.2, 0) is 5.88 Å². The minimum absolute atomic E-state index is 0.0628. The third-order valence-electron chi connectivity index (χ3n) is 2.66. The smallest absolute Gasteiger partial charge is 0.387 e. The number of benzene rings is 2. The predicted molar refractivity (Wildman–Crippen MR) is 77.0 cm³/mol. The highest BCUT2D eigenvalue weighted by molar-refractivity contribution is 6.17. The number of carbonyl (C=O) groups excluding carboxylic acids is 1. The van der Waals surface area contributed by atoms with Crippen molar-refractivity contribution in [2.45, 2.75) is 12.5 Å². The van der Waals surface area contributed by atoms with Crippen molar-refractivity contribution in [3.63, 3.8) is 0 Å². The Morgan fingerprint density at radius 1 is 1.19 bits per heavy atom. The van der Waals surface area contributed by atoms with E-state index in [-0.39, 0.29) is 11.3 Å². The van der Waals surface area contributed by atoms with Gasteiger partial charge in [0.05, 0.1) is 0 Å². The summed E-state index contributed by atoms with van der Waals surface area (Å²) >= 11 is 5.72. The molecule has 0 unspecified atom stereocenters. The van der Waals surface area contributed by atoms with Gasteiger partial charge in [0.25, 0.3) is 5.91 Å². The SMILES string of the molecule is O=C(Nc1cccc(CCl)c1)c1cccc(OC(F)F)c1. The minimum atomic E-state index is -2.93. The average Bonchev–Trinajstić information content (AvgIpc) is 2.47. The largest absolute Gasteiger partial charge is 0.435 e. The summed E-state index contributed by atoms with van der Waals surface area (Å²) in [5.41, 5.74) is 1.67. The lowest BCUT2D eigenvalue weighted by molar-refractivity contribution is -0.0498. The van der Waals surface area contributed by atoms with Gasteiger partial charge < -0.3 is 10.1 Å². The molecule has 2 rings (SSSR count). The van der Waals surface area contributed by atoms with E-state index in [1.165, 1.54) is 24.3 Å². The lowest BCUT2D eigenvalue weighted by Crippen LogP contribution is -2.12. The summed E-state index contributed by atoms with van der Waals surface area (Å²) in [5, 5.41) is 2.67. The topological polar surface area (TPSA) is 38.3 Å². The van der Waals surface area contributed by atoms with Crippen LogP contribution in [0, 0.1) is 0 Å². The van der Waals surface area contributed by atoms with Gasteiger partial charge in [-0.1, -0.05) is 18.2 Å². The number of nitrogens with one attached hydrogen (secondary N) is 1. The molecule has 0 atom stereocenters. The average molecular weight is 312 g/mol. The number of rotatable bonds is 5. The summed E-state index contributed by atoms with van der Waals surface area (Å²) in [5.74, 6) is -0.143. The van der Waals surface area contributed by atoms with Crippen LogP contribution in [0.5, 0.6) is 5.75 Å². The Kier molecular flexibility index (Phi) is 5.11. The number of halogens is 3. The Balaban J connectivity index is 2.12. The number of alkyl halides is 3. The highest BCUT2D eigenvalue weighted by Gasteiger charge is 2.10. The van der Waals surface area contributed by atoms with Gasteiger partial charge in [-0.15, -0.1) is 11.6 Å². The van der Waals surface area contributed by atoms with Crippen molar-refractivity contribution in [3.05, 3.63) is 59.7 Å². The summed E-state index contributed by atoms with van der Waals surface area (Å²) in [6.07, 6.45) is 0. The van der Waals surface area contributed by atoms with Gasteiger partial charge in [0.1, 0.15) is 5.75 Å². The van der Waals surface area contributed by atoms with Gasteiger partial charge in [-0.05, 0) is 35.9 Å². The van der Waals surface area contributed by atoms with Gasteiger partial charge >= 0.3 is 6.61 Å². The highest BCUT2D eigenvalue weighted by atomic mass is 35.5. The first-order chi connectivity index (χ1) is 10.1. The molecule has 6 heteroatoms. The van der Waals surface area contributed by atoms with Crippen molar-refractivity contribution in [1.29, 1.82) is 0 Å². The second-order valence-electron chi connectivity index (χ2n) is 4.19. The number of anilines is 1. The van der Waals surface area contributed by atoms with E-state index in [0.717, 1.165) is 5.56 Å². The Hall–Kier alpha value is -2.14. The van der Waals surface area contributed by atoms with Crippen LogP contribution in [-0.4, -0.2) is 12.5 Å². The molecule has 3 nitrogen and oxygen atoms in total. The first kappa shape index (κ1) is 15.3. The predicted octanol–water partition coefficient (Wildman–Crippen LogP) is 4.28. The monoisotopic (exact) mass is 311 g/mol. The van der Waals surface area contributed by atoms with E-state index in [1.807, 2.05) is 6.07 Å². The normalized spacial score (nSPS) is 10.5. The summed E-state index contributed by atoms with van der Waals surface area (Å²) in [6.45, 7) is -2.93. The Morgan fingerprint density at radius 3 is 2.67 bits per heavy atom. The van der Waals surface area contributed by atoms with E-state index in [2.05, 4.69) is 10.1 Å². The maximum Gasteiger partial charge on any atom is 0.387 e. The van der Waals surface area contributed by atoms with Gasteiger partial charge in [-0.25, -0.2) is 0 Å². The molecule has 0 saturated heterocycles. The summed E-state index contributed by atoms with van der Waals surface area (Å²) in [4.78, 5) is 12.1. The molecule has 0 saturated carbocycles. The summed E-state index contributed by atoms with van der Waals surface area (Å²) in [7, 11) is 0. The number of ether oxygens (including phenoxy) is 1. The van der Waals surface area contributed by atoms with Crippen molar-refractivity contribution in [2.24, 2.45) is 0 Å². The van der Waals surface area contributed by atoms with Crippen molar-refractivity contribution in [2.75, 3.05) is 5.32 Å². The zero-order valence-corrected chi connectivity index (χ0v) is 11.6. The third kappa shape index (κ3) is 4.43. The molecule has 0 fully saturated rings. The molecule has 110 valence electrons. The standard InChI is InChI=1S/C15H12ClF2NO2/c16-9-10-3-1-5-12(7-10)19-14(20)11-4-2-6-13(8-11)21-15(17)18/h1-8,15H,9H2,(H,19,20). The first-order valence-electron chi connectivity index (χ1n) is 6.09. The van der Waals surface area contributed by atoms with E-state index < -0.39 is 12.5 Å². The van der Waals surface area contributed by atoms with Gasteiger partial charge in [0.2, 0.25) is 0 Å². The molecule has 0 aromatic heterocycles. The van der Waals surface area contributed by atoms with Crippen LogP contribution in [0.1, 0.15) is 15.9 Å². The van der Waals surface area contributed by atoms with E-state index in [1.54, 1.807) is 18.2 Å². The molecular weight excluding hydrogens is 300 g/mol. The highest BCUT2D eigenvalue weighted by Crippen LogP contribution is 2.18. The Bertz CT molecular complexity index is 635. The quantitative estimate of drug-likeness (QED) is 0.837. The van der Waals surface area contributed by atoms with Crippen molar-refractivity contribution in [3.8, 4) is 5.75 Å². The van der Waals surface area contributed by atoms with Gasteiger partial charge in [-0.2, -0.15) is 8.78 Å². The molecule has 2 aromatic rings. The van der Waals surface area contributed by atoms with Gasteiger partial charge in [-0.3, -0.25) is 4.79 Å². The molecule has 0 aliphatic heterocycles. The van der Waals surface area contributed by atoms with Crippen molar-refractivity contribution >= 4 is 23.2 Å². The lowest BCUT2D eigenvalue weighted by Gasteiger charge is -2.08. The van der Waals surface area contributed by atoms with E-state index >= 15 is 0 Å². The number of carbonyl (C=O) groups is 1. The maximum absolute atomic E-state index is 12.1. The zero-order valence-electron chi connectivity index (χ0n) is 10.9. The van der Waals surface area contributed by atoms with Crippen LogP contribution in [0.4, 0.5) is 14.5 Å². The molecule has 0 heterocycles. The minimum Gasteiger partial charge on any atom is -0.435 e. The molecule has 0 bridgehead atoms. The molecule has 0 spiro atoms. The van der Waals surface area contributed by atoms with Gasteiger partial charge in [0, 0.05) is 17.1 Å². The molecule has 0 radical (unpaired) electrons. The first-order valence-corrected chi connectivity index (χ1v) is 6.63. The molecule has 1 N–H and O–H groups in total. The van der Waals surface area contributed by atoms with Crippen LogP contribution >= 0.6 is 11.6 Å². The summed E-state index contributed by atoms with van der Waals surface area (Å²) < 4.78 is 28.6. The molecule has 0 aliphatic rings. The third-order valence-corrected chi connectivity index (χ3v) is 2.97. The number of hydrogen-bond donors (Lipinski definition) is 1. The van der Waals surface area contributed by atoms with Crippen LogP contribution in [0.3, 0.4) is 0 Å². The Labute approximate surface area is 125 Å². The molecular formula is C15H12ClF2NO2. The maximum atomic E-state index is 12.1. The van der Waals surface area contributed by atoms with E-state index in [0.29, 0.717) is 11.6 Å². The van der Waals surface area contributed by atoms with Crippen LogP contribution in [0.2, 0.25) is 0 Å². The second-order valence-corrected chi connectivity index (χ2v) is 4.46. The zero-order chi connectivity index (χ0) is 15.2. The molecule has 21 heavy (non-hydrogen) atoms. The second kappa shape index (κ2) is 7.04. The van der Waals surface area contributed by atoms with Crippen LogP contribution in [0.25, 0.3) is 0 Å². The Morgan fingerprint density at radius 2 is 1.95 bits per heavy atom. The fraction of sp³-hybridized carbons (Fsp3) is 0.133. The van der Waals surface area contributed by atoms with E-state index in [4.69, 9.17) is 11.6 Å².